The number of nitrogens with two attached hydrogens (primary N) is 1. The second kappa shape index (κ2) is 3.87. The van der Waals surface area contributed by atoms with Crippen LogP contribution in [0.25, 0.3) is 0 Å². The van der Waals surface area contributed by atoms with E-state index >= 15 is 0 Å². The molecule has 1 rings (SSSR count). The van der Waals surface area contributed by atoms with Crippen LogP contribution in [0.1, 0.15) is 6.92 Å². The van der Waals surface area contributed by atoms with Crippen LogP contribution in [0.5, 0.6) is 0 Å². The van der Waals surface area contributed by atoms with Gasteiger partial charge in [-0.25, -0.2) is 0 Å². The Hall–Kier alpha value is -0.610. The molecule has 0 aliphatic carbocycles. The lowest BCUT2D eigenvalue weighted by Gasteiger charge is -2.14. The van der Waals surface area contributed by atoms with Gasteiger partial charge in [-0.1, -0.05) is 6.92 Å². The Balaban J connectivity index is 2.48. The molecule has 0 unspecified atom stereocenters. The number of carbonyl (C=O) groups is 1. The Morgan fingerprint density at radius 2 is 2.33 bits per heavy atom. The molecule has 4 nitrogen and oxygen atoms in total. The minimum Gasteiger partial charge on any atom is -0.396 e. The van der Waals surface area contributed by atoms with Crippen LogP contribution in [0.15, 0.2) is 0 Å². The predicted octanol–water partition coefficient (Wildman–Crippen LogP) is -0.968. The number of nitrogens with zero attached hydrogens (tertiary/aromatic N) is 1. The standard InChI is InChI=1S/C8H16N2O2/c1-6-3-10(8(12)2-9)4-7(6)5-11/h6-7,11H,2-5,9H2,1H3/t6-,7+/m0/s1. The highest BCUT2D eigenvalue weighted by atomic mass is 16.3. The summed E-state index contributed by atoms with van der Waals surface area (Å²) in [7, 11) is 0. The first-order valence-corrected chi connectivity index (χ1v) is 4.27. The van der Waals surface area contributed by atoms with Crippen LogP contribution < -0.4 is 5.73 Å². The first kappa shape index (κ1) is 9.48. The minimum absolute atomic E-state index is 0.0159. The smallest absolute Gasteiger partial charge is 0.236 e. The largest absolute Gasteiger partial charge is 0.396 e. The fourth-order valence-corrected chi connectivity index (χ4v) is 1.60. The van der Waals surface area contributed by atoms with E-state index in [1.54, 1.807) is 4.90 Å². The lowest BCUT2D eigenvalue weighted by Crippen LogP contribution is -2.34. The zero-order valence-corrected chi connectivity index (χ0v) is 7.36. The van der Waals surface area contributed by atoms with Crippen LogP contribution in [0.3, 0.4) is 0 Å². The SMILES string of the molecule is C[C@H]1CN(C(=O)CN)C[C@@H]1CO. The van der Waals surface area contributed by atoms with E-state index in [9.17, 15) is 4.79 Å². The zero-order chi connectivity index (χ0) is 9.14. The van der Waals surface area contributed by atoms with Crippen molar-refractivity contribution in [1.82, 2.24) is 4.90 Å². The van der Waals surface area contributed by atoms with Crippen molar-refractivity contribution in [3.63, 3.8) is 0 Å². The van der Waals surface area contributed by atoms with E-state index in [0.717, 1.165) is 6.54 Å². The van der Waals surface area contributed by atoms with Gasteiger partial charge in [-0.15, -0.1) is 0 Å². The van der Waals surface area contributed by atoms with Gasteiger partial charge in [0, 0.05) is 25.6 Å². The maximum Gasteiger partial charge on any atom is 0.236 e. The van der Waals surface area contributed by atoms with Crippen LogP contribution >= 0.6 is 0 Å². The minimum atomic E-state index is -0.0159. The molecule has 1 saturated heterocycles. The molecule has 0 aromatic rings. The Kier molecular flexibility index (Phi) is 3.05. The number of carbonyl (C=O) groups excluding carboxylic acids is 1. The second-order valence-corrected chi connectivity index (χ2v) is 3.42. The number of aliphatic hydroxyl groups is 1. The Morgan fingerprint density at radius 1 is 1.67 bits per heavy atom. The van der Waals surface area contributed by atoms with Crippen molar-refractivity contribution >= 4 is 5.91 Å². The van der Waals surface area contributed by atoms with Crippen LogP contribution in [-0.4, -0.2) is 42.2 Å². The summed E-state index contributed by atoms with van der Waals surface area (Å²) in [5, 5.41) is 8.94. The maximum absolute atomic E-state index is 11.1. The fraction of sp³-hybridized carbons (Fsp3) is 0.875. The summed E-state index contributed by atoms with van der Waals surface area (Å²) in [6.07, 6.45) is 0. The third-order valence-electron chi connectivity index (χ3n) is 2.53. The second-order valence-electron chi connectivity index (χ2n) is 3.42. The summed E-state index contributed by atoms with van der Waals surface area (Å²) >= 11 is 0. The maximum atomic E-state index is 11.1. The predicted molar refractivity (Wildman–Crippen MR) is 45.4 cm³/mol. The van der Waals surface area contributed by atoms with Gasteiger partial charge in [0.05, 0.1) is 6.54 Å². The van der Waals surface area contributed by atoms with Gasteiger partial charge >= 0.3 is 0 Å². The van der Waals surface area contributed by atoms with Crippen molar-refractivity contribution in [3.8, 4) is 0 Å². The summed E-state index contributed by atoms with van der Waals surface area (Å²) < 4.78 is 0. The zero-order valence-electron chi connectivity index (χ0n) is 7.36. The van der Waals surface area contributed by atoms with Gasteiger partial charge in [0.15, 0.2) is 0 Å². The number of hydrogen-bond donors (Lipinski definition) is 2. The molecule has 1 aliphatic rings. The number of hydrogen-bond acceptors (Lipinski definition) is 3. The van der Waals surface area contributed by atoms with Crippen molar-refractivity contribution in [2.45, 2.75) is 6.92 Å². The molecule has 1 heterocycles. The van der Waals surface area contributed by atoms with Crippen molar-refractivity contribution < 1.29 is 9.90 Å². The van der Waals surface area contributed by atoms with Gasteiger partial charge in [0.1, 0.15) is 0 Å². The molecule has 0 aromatic carbocycles. The lowest BCUT2D eigenvalue weighted by atomic mass is 10.00. The highest BCUT2D eigenvalue weighted by molar-refractivity contribution is 5.78. The van der Waals surface area contributed by atoms with Gasteiger partial charge in [-0.2, -0.15) is 0 Å². The summed E-state index contributed by atoms with van der Waals surface area (Å²) in [5.41, 5.74) is 5.23. The third-order valence-corrected chi connectivity index (χ3v) is 2.53. The first-order chi connectivity index (χ1) is 5.69. The number of amides is 1. The van der Waals surface area contributed by atoms with E-state index in [2.05, 4.69) is 0 Å². The number of rotatable bonds is 2. The van der Waals surface area contributed by atoms with Crippen LogP contribution in [0.4, 0.5) is 0 Å². The molecule has 0 saturated carbocycles. The van der Waals surface area contributed by atoms with Crippen molar-refractivity contribution in [2.75, 3.05) is 26.2 Å². The van der Waals surface area contributed by atoms with E-state index in [-0.39, 0.29) is 25.0 Å². The van der Waals surface area contributed by atoms with Crippen LogP contribution in [0, 0.1) is 11.8 Å². The monoisotopic (exact) mass is 172 g/mol. The van der Waals surface area contributed by atoms with Crippen molar-refractivity contribution in [1.29, 1.82) is 0 Å². The summed E-state index contributed by atoms with van der Waals surface area (Å²) in [6, 6.07) is 0. The molecule has 3 N–H and O–H groups in total. The molecule has 0 spiro atoms. The molecule has 12 heavy (non-hydrogen) atoms. The van der Waals surface area contributed by atoms with Gasteiger partial charge in [0.2, 0.25) is 5.91 Å². The van der Waals surface area contributed by atoms with Crippen LogP contribution in [0.2, 0.25) is 0 Å². The Labute approximate surface area is 72.3 Å². The summed E-state index contributed by atoms with van der Waals surface area (Å²) in [5.74, 6) is 0.615. The fourth-order valence-electron chi connectivity index (χ4n) is 1.60. The van der Waals surface area contributed by atoms with Gasteiger partial charge in [-0.3, -0.25) is 4.79 Å². The van der Waals surface area contributed by atoms with E-state index in [1.165, 1.54) is 0 Å². The third kappa shape index (κ3) is 1.76. The molecule has 1 aliphatic heterocycles. The first-order valence-electron chi connectivity index (χ1n) is 4.27. The molecule has 2 atom stereocenters. The number of likely N-dealkylation sites (tertiary alicyclic amines) is 1. The average molecular weight is 172 g/mol. The quantitative estimate of drug-likeness (QED) is 0.563. The highest BCUT2D eigenvalue weighted by Gasteiger charge is 2.30. The van der Waals surface area contributed by atoms with E-state index < -0.39 is 0 Å². The lowest BCUT2D eigenvalue weighted by molar-refractivity contribution is -0.128. The molecule has 0 radical (unpaired) electrons. The molecule has 1 fully saturated rings. The number of aliphatic hydroxyl groups excluding tert-OH is 1. The molecule has 1 amide bonds. The average Bonchev–Trinajstić information content (AvgIpc) is 2.45. The molecule has 70 valence electrons. The van der Waals surface area contributed by atoms with Crippen molar-refractivity contribution in [3.05, 3.63) is 0 Å². The molecule has 0 aromatic heterocycles. The molecule has 0 bridgehead atoms. The van der Waals surface area contributed by atoms with E-state index in [0.29, 0.717) is 12.5 Å². The van der Waals surface area contributed by atoms with Gasteiger partial charge < -0.3 is 15.7 Å². The van der Waals surface area contributed by atoms with E-state index in [1.807, 2.05) is 6.92 Å². The molecule has 4 heteroatoms. The van der Waals surface area contributed by atoms with Gasteiger partial charge in [0.25, 0.3) is 0 Å². The van der Waals surface area contributed by atoms with Crippen molar-refractivity contribution in [2.24, 2.45) is 17.6 Å². The summed E-state index contributed by atoms with van der Waals surface area (Å²) in [6.45, 7) is 3.68. The Morgan fingerprint density at radius 3 is 2.75 bits per heavy atom. The topological polar surface area (TPSA) is 66.6 Å². The van der Waals surface area contributed by atoms with Crippen LogP contribution in [-0.2, 0) is 4.79 Å². The summed E-state index contributed by atoms with van der Waals surface area (Å²) in [4.78, 5) is 12.9. The van der Waals surface area contributed by atoms with E-state index in [4.69, 9.17) is 10.8 Å². The molecular formula is C8H16N2O2. The van der Waals surface area contributed by atoms with Gasteiger partial charge in [-0.05, 0) is 5.92 Å². The molecular weight excluding hydrogens is 156 g/mol. The normalized spacial score (nSPS) is 29.4. The Bertz CT molecular complexity index is 172. The highest BCUT2D eigenvalue weighted by Crippen LogP contribution is 2.21.